The van der Waals surface area contributed by atoms with Crippen LogP contribution in [0.25, 0.3) is 0 Å². The fourth-order valence-electron chi connectivity index (χ4n) is 2.63. The van der Waals surface area contributed by atoms with Gasteiger partial charge in [-0.25, -0.2) is 9.78 Å². The van der Waals surface area contributed by atoms with E-state index in [2.05, 4.69) is 10.3 Å². The minimum atomic E-state index is -1.11. The zero-order valence-electron chi connectivity index (χ0n) is 14.8. The zero-order chi connectivity index (χ0) is 20.3. The highest BCUT2D eigenvalue weighted by Gasteiger charge is 2.30. The van der Waals surface area contributed by atoms with E-state index >= 15 is 0 Å². The van der Waals surface area contributed by atoms with Crippen LogP contribution in [-0.2, 0) is 19.1 Å². The van der Waals surface area contributed by atoms with Gasteiger partial charge in [0.05, 0.1) is 16.9 Å². The van der Waals surface area contributed by atoms with E-state index in [4.69, 9.17) is 16.3 Å². The largest absolute Gasteiger partial charge is 0.449 e. The third-order valence-corrected chi connectivity index (χ3v) is 4.36. The van der Waals surface area contributed by atoms with E-state index < -0.39 is 18.0 Å². The van der Waals surface area contributed by atoms with Gasteiger partial charge in [-0.05, 0) is 37.3 Å². The summed E-state index contributed by atoms with van der Waals surface area (Å²) in [7, 11) is 0. The fraction of sp³-hybridized carbons (Fsp3) is 0.211. The van der Waals surface area contributed by atoms with Crippen LogP contribution in [0, 0.1) is 0 Å². The minimum absolute atomic E-state index is 0.113. The molecule has 1 aliphatic heterocycles. The number of nitrogens with zero attached hydrogens (tertiary/aromatic N) is 2. The molecule has 0 spiro atoms. The first-order valence-electron chi connectivity index (χ1n) is 8.45. The first kappa shape index (κ1) is 19.5. The van der Waals surface area contributed by atoms with Crippen molar-refractivity contribution in [1.82, 2.24) is 4.98 Å². The van der Waals surface area contributed by atoms with Gasteiger partial charge < -0.3 is 10.1 Å². The maximum atomic E-state index is 12.4. The van der Waals surface area contributed by atoms with Gasteiger partial charge in [0, 0.05) is 19.0 Å². The smallest absolute Gasteiger partial charge is 0.338 e. The Kier molecular flexibility index (Phi) is 5.70. The van der Waals surface area contributed by atoms with Crippen molar-refractivity contribution in [2.45, 2.75) is 25.9 Å². The van der Waals surface area contributed by atoms with E-state index in [1.54, 1.807) is 18.2 Å². The first-order chi connectivity index (χ1) is 13.4. The summed E-state index contributed by atoms with van der Waals surface area (Å²) in [5, 5.41) is 2.64. The number of halogens is 1. The third kappa shape index (κ3) is 4.17. The molecule has 0 aliphatic carbocycles. The summed E-state index contributed by atoms with van der Waals surface area (Å²) >= 11 is 5.88. The van der Waals surface area contributed by atoms with Crippen LogP contribution >= 0.6 is 11.6 Å². The van der Waals surface area contributed by atoms with E-state index in [1.165, 1.54) is 31.3 Å². The van der Waals surface area contributed by atoms with Crippen LogP contribution in [0.3, 0.4) is 0 Å². The molecule has 1 N–H and O–H groups in total. The molecule has 28 heavy (non-hydrogen) atoms. The molecule has 1 atom stereocenters. The molecular formula is C19H16ClN3O5. The van der Waals surface area contributed by atoms with Crippen molar-refractivity contribution in [3.8, 4) is 0 Å². The van der Waals surface area contributed by atoms with E-state index in [9.17, 15) is 19.2 Å². The second-order valence-corrected chi connectivity index (χ2v) is 6.41. The summed E-state index contributed by atoms with van der Waals surface area (Å²) in [5.41, 5.74) is 0.704. The number of esters is 1. The molecule has 9 heteroatoms. The summed E-state index contributed by atoms with van der Waals surface area (Å²) in [6, 6.07) is 9.11. The SMILES string of the molecule is C[C@@H](OC(=O)c1cccc(N2C(=O)CCC2=O)c1)C(=O)Nc1cccnc1Cl. The van der Waals surface area contributed by atoms with Gasteiger partial charge in [-0.2, -0.15) is 0 Å². The number of imide groups is 1. The fourth-order valence-corrected chi connectivity index (χ4v) is 2.80. The van der Waals surface area contributed by atoms with Crippen LogP contribution in [0.1, 0.15) is 30.1 Å². The molecule has 3 rings (SSSR count). The molecule has 8 nitrogen and oxygen atoms in total. The standard InChI is InChI=1S/C19H16ClN3O5/c1-11(18(26)22-14-6-3-9-21-17(14)20)28-19(27)12-4-2-5-13(10-12)23-15(24)7-8-16(23)25/h2-6,9-11H,7-8H2,1H3,(H,22,26)/t11-/m1/s1. The number of rotatable bonds is 5. The van der Waals surface area contributed by atoms with E-state index in [0.717, 1.165) is 4.90 Å². The predicted octanol–water partition coefficient (Wildman–Crippen LogP) is 2.57. The van der Waals surface area contributed by atoms with Crippen LogP contribution in [0.15, 0.2) is 42.6 Å². The summed E-state index contributed by atoms with van der Waals surface area (Å²) in [4.78, 5) is 53.2. The van der Waals surface area contributed by atoms with Gasteiger partial charge in [0.1, 0.15) is 0 Å². The highest BCUT2D eigenvalue weighted by molar-refractivity contribution is 6.32. The molecular weight excluding hydrogens is 386 g/mol. The molecule has 1 saturated heterocycles. The number of benzene rings is 1. The molecule has 0 unspecified atom stereocenters. The lowest BCUT2D eigenvalue weighted by atomic mass is 10.2. The molecule has 1 fully saturated rings. The third-order valence-electron chi connectivity index (χ3n) is 4.06. The van der Waals surface area contributed by atoms with Crippen molar-refractivity contribution in [3.63, 3.8) is 0 Å². The molecule has 3 amide bonds. The number of aromatic nitrogens is 1. The van der Waals surface area contributed by atoms with Crippen LogP contribution < -0.4 is 10.2 Å². The number of hydrogen-bond donors (Lipinski definition) is 1. The minimum Gasteiger partial charge on any atom is -0.449 e. The van der Waals surface area contributed by atoms with Crippen LogP contribution in [0.4, 0.5) is 11.4 Å². The van der Waals surface area contributed by atoms with Gasteiger partial charge in [0.2, 0.25) is 11.8 Å². The second kappa shape index (κ2) is 8.18. The van der Waals surface area contributed by atoms with E-state index in [1.807, 2.05) is 0 Å². The topological polar surface area (TPSA) is 106 Å². The summed E-state index contributed by atoms with van der Waals surface area (Å²) in [5.74, 6) is -1.99. The highest BCUT2D eigenvalue weighted by atomic mass is 35.5. The van der Waals surface area contributed by atoms with Crippen LogP contribution in [0.2, 0.25) is 5.15 Å². The summed E-state index contributed by atoms with van der Waals surface area (Å²) in [6.07, 6.45) is 0.649. The Morgan fingerprint density at radius 1 is 1.18 bits per heavy atom. The van der Waals surface area contributed by atoms with Gasteiger partial charge >= 0.3 is 5.97 Å². The van der Waals surface area contributed by atoms with Gasteiger partial charge in [-0.1, -0.05) is 17.7 Å². The Morgan fingerprint density at radius 2 is 1.89 bits per heavy atom. The number of nitrogens with one attached hydrogen (secondary N) is 1. The van der Waals surface area contributed by atoms with Gasteiger partial charge in [0.25, 0.3) is 5.91 Å². The quantitative estimate of drug-likeness (QED) is 0.469. The Hall–Kier alpha value is -3.26. The summed E-state index contributed by atoms with van der Waals surface area (Å²) < 4.78 is 5.18. The molecule has 1 aromatic heterocycles. The maximum absolute atomic E-state index is 12.4. The first-order valence-corrected chi connectivity index (χ1v) is 8.83. The maximum Gasteiger partial charge on any atom is 0.338 e. The number of anilines is 2. The molecule has 0 radical (unpaired) electrons. The van der Waals surface area contributed by atoms with Crippen molar-refractivity contribution < 1.29 is 23.9 Å². The number of carbonyl (C=O) groups is 4. The van der Waals surface area contributed by atoms with Crippen molar-refractivity contribution in [2.24, 2.45) is 0 Å². The van der Waals surface area contributed by atoms with Crippen molar-refractivity contribution in [1.29, 1.82) is 0 Å². The Labute approximate surface area is 165 Å². The van der Waals surface area contributed by atoms with Crippen LogP contribution in [-0.4, -0.2) is 34.8 Å². The predicted molar refractivity (Wildman–Crippen MR) is 101 cm³/mol. The monoisotopic (exact) mass is 401 g/mol. The summed E-state index contributed by atoms with van der Waals surface area (Å²) in [6.45, 7) is 1.41. The second-order valence-electron chi connectivity index (χ2n) is 6.05. The Bertz CT molecular complexity index is 946. The van der Waals surface area contributed by atoms with E-state index in [-0.39, 0.29) is 35.4 Å². The van der Waals surface area contributed by atoms with Crippen molar-refractivity contribution in [2.75, 3.05) is 10.2 Å². The zero-order valence-corrected chi connectivity index (χ0v) is 15.6. The highest BCUT2D eigenvalue weighted by Crippen LogP contribution is 2.24. The lowest BCUT2D eigenvalue weighted by Crippen LogP contribution is -2.30. The number of amides is 3. The molecule has 2 heterocycles. The number of ether oxygens (including phenoxy) is 1. The van der Waals surface area contributed by atoms with Crippen molar-refractivity contribution in [3.05, 3.63) is 53.3 Å². The molecule has 1 aliphatic rings. The van der Waals surface area contributed by atoms with Gasteiger partial charge in [0.15, 0.2) is 11.3 Å². The molecule has 0 bridgehead atoms. The Morgan fingerprint density at radius 3 is 2.57 bits per heavy atom. The number of pyridine rings is 1. The average molecular weight is 402 g/mol. The van der Waals surface area contributed by atoms with Crippen LogP contribution in [0.5, 0.6) is 0 Å². The van der Waals surface area contributed by atoms with Gasteiger partial charge in [-0.15, -0.1) is 0 Å². The van der Waals surface area contributed by atoms with Gasteiger partial charge in [-0.3, -0.25) is 19.3 Å². The molecule has 1 aromatic carbocycles. The Balaban J connectivity index is 1.68. The average Bonchev–Trinajstić information content (AvgIpc) is 3.01. The number of hydrogen-bond acceptors (Lipinski definition) is 6. The number of carbonyl (C=O) groups excluding carboxylic acids is 4. The van der Waals surface area contributed by atoms with Crippen molar-refractivity contribution >= 4 is 46.7 Å². The normalized spacial score (nSPS) is 14.7. The molecule has 144 valence electrons. The van der Waals surface area contributed by atoms with E-state index in [0.29, 0.717) is 11.4 Å². The molecule has 2 aromatic rings. The molecule has 0 saturated carbocycles. The lowest BCUT2D eigenvalue weighted by Gasteiger charge is -2.16. The lowest BCUT2D eigenvalue weighted by molar-refractivity contribution is -0.124.